The molecule has 0 amide bonds. The lowest BCUT2D eigenvalue weighted by Gasteiger charge is -2.19. The number of hydrogen-bond acceptors (Lipinski definition) is 3. The molecule has 1 saturated carbocycles. The number of rotatable bonds is 5. The van der Waals surface area contributed by atoms with Crippen LogP contribution in [0.1, 0.15) is 31.7 Å². The summed E-state index contributed by atoms with van der Waals surface area (Å²) in [5.41, 5.74) is 6.82. The molecule has 1 aliphatic carbocycles. The first-order valence-corrected chi connectivity index (χ1v) is 8.36. The van der Waals surface area contributed by atoms with Gasteiger partial charge in [0, 0.05) is 6.04 Å². The van der Waals surface area contributed by atoms with Gasteiger partial charge in [-0.05, 0) is 49.4 Å². The maximum Gasteiger partial charge on any atom is 0.240 e. The monoisotopic (exact) mass is 282 g/mol. The molecule has 1 aromatic carbocycles. The van der Waals surface area contributed by atoms with E-state index in [2.05, 4.69) is 4.72 Å². The van der Waals surface area contributed by atoms with Gasteiger partial charge < -0.3 is 5.73 Å². The second kappa shape index (κ2) is 6.03. The molecule has 106 valence electrons. The molecule has 2 atom stereocenters. The second-order valence-corrected chi connectivity index (χ2v) is 6.87. The van der Waals surface area contributed by atoms with Crippen LogP contribution in [0.5, 0.6) is 0 Å². The summed E-state index contributed by atoms with van der Waals surface area (Å²) in [5, 5.41) is 0. The van der Waals surface area contributed by atoms with Gasteiger partial charge in [-0.15, -0.1) is 0 Å². The zero-order valence-corrected chi connectivity index (χ0v) is 12.1. The van der Waals surface area contributed by atoms with Gasteiger partial charge in [-0.2, -0.15) is 0 Å². The van der Waals surface area contributed by atoms with Crippen molar-refractivity contribution in [2.45, 2.75) is 43.5 Å². The van der Waals surface area contributed by atoms with E-state index in [1.54, 1.807) is 12.1 Å². The molecule has 0 saturated heterocycles. The van der Waals surface area contributed by atoms with Gasteiger partial charge in [-0.1, -0.05) is 25.5 Å². The van der Waals surface area contributed by atoms with Gasteiger partial charge in [-0.3, -0.25) is 0 Å². The Bertz CT molecular complexity index is 511. The van der Waals surface area contributed by atoms with Crippen LogP contribution in [-0.2, 0) is 16.4 Å². The highest BCUT2D eigenvalue weighted by molar-refractivity contribution is 7.89. The summed E-state index contributed by atoms with van der Waals surface area (Å²) in [6.45, 7) is 2.59. The highest BCUT2D eigenvalue weighted by Crippen LogP contribution is 2.26. The van der Waals surface area contributed by atoms with Gasteiger partial charge in [0.05, 0.1) is 4.90 Å². The van der Waals surface area contributed by atoms with Crippen LogP contribution in [0, 0.1) is 5.92 Å². The number of nitrogens with one attached hydrogen (secondary N) is 1. The summed E-state index contributed by atoms with van der Waals surface area (Å²) >= 11 is 0. The minimum atomic E-state index is -3.42. The molecule has 0 aliphatic heterocycles. The molecule has 3 N–H and O–H groups in total. The van der Waals surface area contributed by atoms with Gasteiger partial charge in [0.1, 0.15) is 0 Å². The molecule has 19 heavy (non-hydrogen) atoms. The van der Waals surface area contributed by atoms with Gasteiger partial charge >= 0.3 is 0 Å². The molecule has 1 aromatic rings. The third-order valence-corrected chi connectivity index (χ3v) is 5.42. The lowest BCUT2D eigenvalue weighted by molar-refractivity contribution is 0.453. The molecule has 2 rings (SSSR count). The molecule has 1 fully saturated rings. The predicted octanol–water partition coefficient (Wildman–Crippen LogP) is 1.65. The molecular formula is C14H22N2O2S. The first-order valence-electron chi connectivity index (χ1n) is 6.88. The van der Waals surface area contributed by atoms with Gasteiger partial charge in [-0.25, -0.2) is 13.1 Å². The Hall–Kier alpha value is -0.910. The van der Waals surface area contributed by atoms with Crippen LogP contribution in [0.3, 0.4) is 0 Å². The summed E-state index contributed by atoms with van der Waals surface area (Å²) in [6.07, 6.45) is 3.85. The summed E-state index contributed by atoms with van der Waals surface area (Å²) in [7, 11) is -3.42. The van der Waals surface area contributed by atoms with Crippen LogP contribution in [0.2, 0.25) is 0 Å². The molecule has 0 heterocycles. The maximum absolute atomic E-state index is 12.3. The van der Waals surface area contributed by atoms with E-state index in [-0.39, 0.29) is 12.0 Å². The number of hydrogen-bond donors (Lipinski definition) is 2. The van der Waals surface area contributed by atoms with Crippen molar-refractivity contribution in [3.8, 4) is 0 Å². The largest absolute Gasteiger partial charge is 0.330 e. The van der Waals surface area contributed by atoms with Crippen molar-refractivity contribution in [3.63, 3.8) is 0 Å². The lowest BCUT2D eigenvalue weighted by Crippen LogP contribution is -2.39. The molecule has 5 heteroatoms. The van der Waals surface area contributed by atoms with Gasteiger partial charge in [0.2, 0.25) is 10.0 Å². The molecule has 0 spiro atoms. The fraction of sp³-hybridized carbons (Fsp3) is 0.571. The number of nitrogens with two attached hydrogens (primary N) is 1. The molecule has 4 nitrogen and oxygen atoms in total. The fourth-order valence-corrected chi connectivity index (χ4v) is 3.99. The van der Waals surface area contributed by atoms with E-state index >= 15 is 0 Å². The number of aryl methyl sites for hydroxylation is 1. The van der Waals surface area contributed by atoms with Crippen LogP contribution >= 0.6 is 0 Å². The van der Waals surface area contributed by atoms with Crippen LogP contribution in [0.25, 0.3) is 0 Å². The molecular weight excluding hydrogens is 260 g/mol. The summed E-state index contributed by atoms with van der Waals surface area (Å²) in [4.78, 5) is 0.340. The Kier molecular flexibility index (Phi) is 4.60. The van der Waals surface area contributed by atoms with Crippen molar-refractivity contribution < 1.29 is 8.42 Å². The van der Waals surface area contributed by atoms with Crippen LogP contribution in [-0.4, -0.2) is 21.0 Å². The van der Waals surface area contributed by atoms with Crippen molar-refractivity contribution in [2.24, 2.45) is 11.7 Å². The SMILES string of the molecule is CCc1ccc(S(=O)(=O)N[C@@H]2CCC[C@@H]2CN)cc1. The first kappa shape index (κ1) is 14.5. The minimum absolute atomic E-state index is 0.0131. The zero-order chi connectivity index (χ0) is 13.9. The van der Waals surface area contributed by atoms with Crippen molar-refractivity contribution in [3.05, 3.63) is 29.8 Å². The number of benzene rings is 1. The molecule has 0 unspecified atom stereocenters. The van der Waals surface area contributed by atoms with Crippen molar-refractivity contribution >= 4 is 10.0 Å². The minimum Gasteiger partial charge on any atom is -0.330 e. The van der Waals surface area contributed by atoms with Crippen molar-refractivity contribution in [1.82, 2.24) is 4.72 Å². The standard InChI is InChI=1S/C14H22N2O2S/c1-2-11-6-8-13(9-7-11)19(17,18)16-14-5-3-4-12(14)10-15/h6-9,12,14,16H,2-5,10,15H2,1H3/t12-,14-/m1/s1. The van der Waals surface area contributed by atoms with Crippen molar-refractivity contribution in [1.29, 1.82) is 0 Å². The topological polar surface area (TPSA) is 72.2 Å². The smallest absolute Gasteiger partial charge is 0.240 e. The summed E-state index contributed by atoms with van der Waals surface area (Å²) < 4.78 is 27.4. The second-order valence-electron chi connectivity index (χ2n) is 5.15. The van der Waals surface area contributed by atoms with Gasteiger partial charge in [0.15, 0.2) is 0 Å². The highest BCUT2D eigenvalue weighted by Gasteiger charge is 2.30. The van der Waals surface area contributed by atoms with Crippen LogP contribution in [0.15, 0.2) is 29.2 Å². The van der Waals surface area contributed by atoms with E-state index in [0.717, 1.165) is 31.2 Å². The third-order valence-electron chi connectivity index (χ3n) is 3.91. The average molecular weight is 282 g/mol. The fourth-order valence-electron chi connectivity index (χ4n) is 2.65. The average Bonchev–Trinajstić information content (AvgIpc) is 2.85. The predicted molar refractivity (Wildman–Crippen MR) is 76.3 cm³/mol. The molecule has 0 bridgehead atoms. The van der Waals surface area contributed by atoms with Crippen LogP contribution < -0.4 is 10.5 Å². The first-order chi connectivity index (χ1) is 9.06. The van der Waals surface area contributed by atoms with E-state index in [0.29, 0.717) is 11.4 Å². The third kappa shape index (κ3) is 3.35. The van der Waals surface area contributed by atoms with Crippen molar-refractivity contribution in [2.75, 3.05) is 6.54 Å². The Morgan fingerprint density at radius 2 is 1.95 bits per heavy atom. The number of sulfonamides is 1. The van der Waals surface area contributed by atoms with E-state index in [1.807, 2.05) is 19.1 Å². The van der Waals surface area contributed by atoms with E-state index < -0.39 is 10.0 Å². The van der Waals surface area contributed by atoms with E-state index in [1.165, 1.54) is 0 Å². The Balaban J connectivity index is 2.13. The summed E-state index contributed by atoms with van der Waals surface area (Å²) in [6, 6.07) is 7.06. The Morgan fingerprint density at radius 1 is 1.26 bits per heavy atom. The molecule has 0 aromatic heterocycles. The highest BCUT2D eigenvalue weighted by atomic mass is 32.2. The maximum atomic E-state index is 12.3. The Labute approximate surface area is 115 Å². The molecule has 1 aliphatic rings. The quantitative estimate of drug-likeness (QED) is 0.862. The van der Waals surface area contributed by atoms with Gasteiger partial charge in [0.25, 0.3) is 0 Å². The molecule has 0 radical (unpaired) electrons. The normalized spacial score (nSPS) is 23.7. The Morgan fingerprint density at radius 3 is 2.53 bits per heavy atom. The van der Waals surface area contributed by atoms with E-state index in [9.17, 15) is 8.42 Å². The zero-order valence-electron chi connectivity index (χ0n) is 11.3. The summed E-state index contributed by atoms with van der Waals surface area (Å²) in [5.74, 6) is 0.268. The van der Waals surface area contributed by atoms with Crippen LogP contribution in [0.4, 0.5) is 0 Å². The van der Waals surface area contributed by atoms with E-state index in [4.69, 9.17) is 5.73 Å². The lowest BCUT2D eigenvalue weighted by atomic mass is 10.1.